The zero-order valence-corrected chi connectivity index (χ0v) is 15.8. The summed E-state index contributed by atoms with van der Waals surface area (Å²) in [6, 6.07) is 1.70. The van der Waals surface area contributed by atoms with E-state index in [-0.39, 0.29) is 29.9 Å². The fourth-order valence-corrected chi connectivity index (χ4v) is 4.56. The van der Waals surface area contributed by atoms with Crippen molar-refractivity contribution in [1.82, 2.24) is 10.3 Å². The lowest BCUT2D eigenvalue weighted by molar-refractivity contribution is -0.174. The minimum atomic E-state index is -0.720. The Bertz CT molecular complexity index is 703. The average molecular weight is 377 g/mol. The van der Waals surface area contributed by atoms with Gasteiger partial charge in [0.25, 0.3) is 0 Å². The normalized spacial score (nSPS) is 30.8. The highest BCUT2D eigenvalue weighted by molar-refractivity contribution is 5.80. The molecule has 1 saturated carbocycles. The predicted octanol–water partition coefficient (Wildman–Crippen LogP) is 2.02. The number of aromatic nitrogens is 1. The maximum Gasteiger partial charge on any atom is 0.223 e. The summed E-state index contributed by atoms with van der Waals surface area (Å²) in [5, 5.41) is 13.6. The zero-order chi connectivity index (χ0) is 19.1. The molecule has 3 fully saturated rings. The van der Waals surface area contributed by atoms with Crippen LogP contribution >= 0.6 is 0 Å². The van der Waals surface area contributed by atoms with Crippen molar-refractivity contribution >= 4 is 11.6 Å². The van der Waals surface area contributed by atoms with Gasteiger partial charge in [-0.2, -0.15) is 0 Å². The molecular formula is C20H28FN3O3. The van der Waals surface area contributed by atoms with E-state index in [9.17, 15) is 14.3 Å². The summed E-state index contributed by atoms with van der Waals surface area (Å²) in [7, 11) is 0. The molecule has 3 heterocycles. The first-order valence-electron chi connectivity index (χ1n) is 9.89. The summed E-state index contributed by atoms with van der Waals surface area (Å²) in [5.41, 5.74) is -0.507. The van der Waals surface area contributed by atoms with Gasteiger partial charge in [-0.25, -0.2) is 4.39 Å². The molecule has 2 N–H and O–H groups in total. The van der Waals surface area contributed by atoms with E-state index >= 15 is 0 Å². The van der Waals surface area contributed by atoms with Gasteiger partial charge in [0.2, 0.25) is 5.91 Å². The number of carbonyl (C=O) groups is 1. The van der Waals surface area contributed by atoms with E-state index in [1.807, 2.05) is 11.8 Å². The fraction of sp³-hybridized carbons (Fsp3) is 0.700. The van der Waals surface area contributed by atoms with Crippen LogP contribution in [-0.4, -0.2) is 52.9 Å². The number of nitrogens with one attached hydrogen (secondary N) is 1. The second kappa shape index (κ2) is 7.02. The van der Waals surface area contributed by atoms with E-state index in [1.165, 1.54) is 6.20 Å². The molecular weight excluding hydrogens is 349 g/mol. The predicted molar refractivity (Wildman–Crippen MR) is 98.8 cm³/mol. The van der Waals surface area contributed by atoms with E-state index in [2.05, 4.69) is 10.3 Å². The standard InChI is InChI=1S/C20H28FN3O3/c1-19(23-18(26)14-3-2-4-14)13-20(27-12-17(19)25)6-9-24(10-7-20)16-5-8-22-11-15(16)21/h5,8,11,14,17,25H,2-4,6-7,9-10,12-13H2,1H3,(H,23,26)/t17-,19-/m0/s1. The average Bonchev–Trinajstić information content (AvgIpc) is 2.58. The maximum absolute atomic E-state index is 14.0. The van der Waals surface area contributed by atoms with Crippen molar-refractivity contribution in [2.24, 2.45) is 5.92 Å². The Labute approximate surface area is 159 Å². The molecule has 0 radical (unpaired) electrons. The van der Waals surface area contributed by atoms with Crippen molar-refractivity contribution in [2.45, 2.75) is 62.7 Å². The molecule has 1 spiro atoms. The first-order chi connectivity index (χ1) is 12.9. The van der Waals surface area contributed by atoms with E-state index in [4.69, 9.17) is 4.74 Å². The molecule has 2 aliphatic heterocycles. The van der Waals surface area contributed by atoms with Crippen LogP contribution in [0.2, 0.25) is 0 Å². The van der Waals surface area contributed by atoms with E-state index < -0.39 is 11.6 Å². The molecule has 1 aromatic rings. The van der Waals surface area contributed by atoms with Gasteiger partial charge in [-0.1, -0.05) is 6.42 Å². The number of anilines is 1. The highest BCUT2D eigenvalue weighted by Crippen LogP contribution is 2.41. The van der Waals surface area contributed by atoms with Crippen molar-refractivity contribution in [3.8, 4) is 0 Å². The van der Waals surface area contributed by atoms with Crippen molar-refractivity contribution in [3.63, 3.8) is 0 Å². The van der Waals surface area contributed by atoms with Gasteiger partial charge in [-0.3, -0.25) is 9.78 Å². The third-order valence-electron chi connectivity index (χ3n) is 6.62. The number of piperidine rings is 1. The molecule has 3 aliphatic rings. The Kier molecular flexibility index (Phi) is 4.84. The van der Waals surface area contributed by atoms with Gasteiger partial charge in [0.1, 0.15) is 6.10 Å². The number of nitrogens with zero attached hydrogens (tertiary/aromatic N) is 2. The molecule has 6 nitrogen and oxygen atoms in total. The lowest BCUT2D eigenvalue weighted by Gasteiger charge is -2.52. The Morgan fingerprint density at radius 2 is 2.15 bits per heavy atom. The highest BCUT2D eigenvalue weighted by Gasteiger charge is 2.50. The number of hydrogen-bond acceptors (Lipinski definition) is 5. The molecule has 2 atom stereocenters. The maximum atomic E-state index is 14.0. The van der Waals surface area contributed by atoms with Crippen molar-refractivity contribution in [2.75, 3.05) is 24.6 Å². The largest absolute Gasteiger partial charge is 0.388 e. The van der Waals surface area contributed by atoms with Crippen LogP contribution in [0.3, 0.4) is 0 Å². The quantitative estimate of drug-likeness (QED) is 0.843. The number of amides is 1. The zero-order valence-electron chi connectivity index (χ0n) is 15.8. The van der Waals surface area contributed by atoms with Crippen LogP contribution in [0.4, 0.5) is 10.1 Å². The summed E-state index contributed by atoms with van der Waals surface area (Å²) in [5.74, 6) is -0.175. The van der Waals surface area contributed by atoms with Crippen molar-refractivity contribution in [1.29, 1.82) is 0 Å². The van der Waals surface area contributed by atoms with Crippen LogP contribution in [0, 0.1) is 11.7 Å². The van der Waals surface area contributed by atoms with Crippen LogP contribution in [0.15, 0.2) is 18.5 Å². The SMILES string of the molecule is C[C@]1(NC(=O)C2CCC2)CC2(CCN(c3ccncc3F)CC2)OC[C@@H]1O. The van der Waals surface area contributed by atoms with Gasteiger partial charge in [0, 0.05) is 31.6 Å². The van der Waals surface area contributed by atoms with Gasteiger partial charge >= 0.3 is 0 Å². The van der Waals surface area contributed by atoms with Gasteiger partial charge in [0.15, 0.2) is 5.82 Å². The summed E-state index contributed by atoms with van der Waals surface area (Å²) in [4.78, 5) is 18.3. The molecule has 1 aromatic heterocycles. The molecule has 0 aromatic carbocycles. The lowest BCUT2D eigenvalue weighted by Crippen LogP contribution is -2.66. The number of aliphatic hydroxyl groups excluding tert-OH is 1. The summed E-state index contributed by atoms with van der Waals surface area (Å²) >= 11 is 0. The van der Waals surface area contributed by atoms with Crippen LogP contribution in [0.25, 0.3) is 0 Å². The molecule has 2 saturated heterocycles. The van der Waals surface area contributed by atoms with Gasteiger partial charge < -0.3 is 20.1 Å². The lowest BCUT2D eigenvalue weighted by atomic mass is 9.74. The number of rotatable bonds is 3. The topological polar surface area (TPSA) is 74.7 Å². The number of pyridine rings is 1. The van der Waals surface area contributed by atoms with E-state index in [0.29, 0.717) is 25.2 Å². The smallest absolute Gasteiger partial charge is 0.223 e. The molecule has 0 bridgehead atoms. The van der Waals surface area contributed by atoms with Crippen LogP contribution in [0.1, 0.15) is 45.4 Å². The number of aliphatic hydroxyl groups is 1. The van der Waals surface area contributed by atoms with Gasteiger partial charge in [0.05, 0.1) is 29.6 Å². The second-order valence-electron chi connectivity index (χ2n) is 8.54. The number of carbonyl (C=O) groups excluding carboxylic acids is 1. The Morgan fingerprint density at radius 3 is 2.78 bits per heavy atom. The molecule has 148 valence electrons. The molecule has 0 unspecified atom stereocenters. The molecule has 1 aliphatic carbocycles. The number of halogens is 1. The molecule has 4 rings (SSSR count). The Hall–Kier alpha value is -1.73. The number of hydrogen-bond donors (Lipinski definition) is 2. The van der Waals surface area contributed by atoms with Crippen molar-refractivity contribution in [3.05, 3.63) is 24.3 Å². The van der Waals surface area contributed by atoms with Gasteiger partial charge in [-0.05, 0) is 38.7 Å². The second-order valence-corrected chi connectivity index (χ2v) is 8.54. The fourth-order valence-electron chi connectivity index (χ4n) is 4.56. The Balaban J connectivity index is 1.43. The molecule has 1 amide bonds. The first kappa shape index (κ1) is 18.6. The van der Waals surface area contributed by atoms with Crippen LogP contribution in [-0.2, 0) is 9.53 Å². The minimum absolute atomic E-state index is 0.0520. The van der Waals surface area contributed by atoms with E-state index in [1.54, 1.807) is 12.3 Å². The highest BCUT2D eigenvalue weighted by atomic mass is 19.1. The van der Waals surface area contributed by atoms with Crippen LogP contribution < -0.4 is 10.2 Å². The minimum Gasteiger partial charge on any atom is -0.388 e. The van der Waals surface area contributed by atoms with Crippen LogP contribution in [0.5, 0.6) is 0 Å². The van der Waals surface area contributed by atoms with Gasteiger partial charge in [-0.15, -0.1) is 0 Å². The third-order valence-corrected chi connectivity index (χ3v) is 6.62. The third kappa shape index (κ3) is 3.55. The van der Waals surface area contributed by atoms with E-state index in [0.717, 1.165) is 32.1 Å². The molecule has 7 heteroatoms. The summed E-state index contributed by atoms with van der Waals surface area (Å²) in [6.07, 6.45) is 7.13. The first-order valence-corrected chi connectivity index (χ1v) is 9.89. The summed E-state index contributed by atoms with van der Waals surface area (Å²) < 4.78 is 20.1. The monoisotopic (exact) mass is 377 g/mol. The molecule has 27 heavy (non-hydrogen) atoms. The van der Waals surface area contributed by atoms with Crippen molar-refractivity contribution < 1.29 is 19.0 Å². The number of ether oxygens (including phenoxy) is 1. The Morgan fingerprint density at radius 1 is 1.41 bits per heavy atom. The summed E-state index contributed by atoms with van der Waals surface area (Å²) in [6.45, 7) is 3.48.